The van der Waals surface area contributed by atoms with Gasteiger partial charge in [0.15, 0.2) is 0 Å². The van der Waals surface area contributed by atoms with E-state index in [4.69, 9.17) is 10.8 Å². The second-order valence-corrected chi connectivity index (χ2v) is 6.20. The fraction of sp³-hybridized carbons (Fsp3) is 0.917. The molecule has 4 N–H and O–H groups in total. The molecule has 4 nitrogen and oxygen atoms in total. The molecule has 4 heteroatoms. The first kappa shape index (κ1) is 15.4. The van der Waals surface area contributed by atoms with Gasteiger partial charge in [0.25, 0.3) is 0 Å². The molecule has 96 valence electrons. The van der Waals surface area contributed by atoms with Gasteiger partial charge in [-0.15, -0.1) is 0 Å². The Hall–Kier alpha value is -0.610. The molecule has 1 atom stereocenters. The number of nitrogens with two attached hydrogens (primary N) is 1. The van der Waals surface area contributed by atoms with Crippen LogP contribution < -0.4 is 11.1 Å². The summed E-state index contributed by atoms with van der Waals surface area (Å²) in [6.07, 6.45) is 0.665. The van der Waals surface area contributed by atoms with Gasteiger partial charge in [-0.3, -0.25) is 4.79 Å². The van der Waals surface area contributed by atoms with E-state index < -0.39 is 6.04 Å². The Morgan fingerprint density at radius 1 is 1.31 bits per heavy atom. The summed E-state index contributed by atoms with van der Waals surface area (Å²) in [5, 5.41) is 11.7. The Morgan fingerprint density at radius 2 is 1.81 bits per heavy atom. The Bertz CT molecular complexity index is 232. The van der Waals surface area contributed by atoms with Crippen LogP contribution in [0.5, 0.6) is 0 Å². The van der Waals surface area contributed by atoms with Gasteiger partial charge < -0.3 is 16.2 Å². The first-order valence-corrected chi connectivity index (χ1v) is 5.74. The summed E-state index contributed by atoms with van der Waals surface area (Å²) in [4.78, 5) is 11.7. The Morgan fingerprint density at radius 3 is 2.19 bits per heavy atom. The van der Waals surface area contributed by atoms with Gasteiger partial charge >= 0.3 is 0 Å². The molecule has 0 aliphatic heterocycles. The second kappa shape index (κ2) is 5.64. The molecule has 1 unspecified atom stereocenters. The molecule has 0 spiro atoms. The highest BCUT2D eigenvalue weighted by molar-refractivity contribution is 5.82. The molecule has 0 saturated carbocycles. The highest BCUT2D eigenvalue weighted by Crippen LogP contribution is 2.20. The molecule has 0 bridgehead atoms. The lowest BCUT2D eigenvalue weighted by Gasteiger charge is -2.29. The number of rotatable bonds is 5. The van der Waals surface area contributed by atoms with Crippen LogP contribution in [0.1, 0.15) is 41.0 Å². The highest BCUT2D eigenvalue weighted by atomic mass is 16.3. The molecule has 1 amide bonds. The summed E-state index contributed by atoms with van der Waals surface area (Å²) in [6.45, 7) is 10.5. The minimum atomic E-state index is -0.502. The first-order valence-electron chi connectivity index (χ1n) is 5.74. The highest BCUT2D eigenvalue weighted by Gasteiger charge is 2.28. The average molecular weight is 230 g/mol. The van der Waals surface area contributed by atoms with Gasteiger partial charge in [-0.2, -0.15) is 0 Å². The van der Waals surface area contributed by atoms with Crippen LogP contribution in [0.3, 0.4) is 0 Å². The molecule has 0 aliphatic rings. The zero-order valence-electron chi connectivity index (χ0n) is 11.1. The van der Waals surface area contributed by atoms with Crippen LogP contribution >= 0.6 is 0 Å². The molecule has 0 aromatic rings. The topological polar surface area (TPSA) is 75.3 Å². The summed E-state index contributed by atoms with van der Waals surface area (Å²) in [6, 6.07) is -0.502. The Kier molecular flexibility index (Phi) is 5.42. The quantitative estimate of drug-likeness (QED) is 0.656. The number of hydrogen-bond acceptors (Lipinski definition) is 3. The van der Waals surface area contributed by atoms with Gasteiger partial charge in [-0.1, -0.05) is 34.6 Å². The number of carbonyl (C=O) groups excluding carboxylic acids is 1. The van der Waals surface area contributed by atoms with Gasteiger partial charge in [-0.05, 0) is 17.3 Å². The normalized spacial score (nSPS) is 14.7. The number of aliphatic hydroxyl groups excluding tert-OH is 1. The standard InChI is InChI=1S/C12H26N2O2/c1-11(2,3)9(13)10(16)14-8-12(4,5)6-7-15/h9,15H,6-8,13H2,1-5H3,(H,14,16). The summed E-state index contributed by atoms with van der Waals surface area (Å²) < 4.78 is 0. The third-order valence-electron chi connectivity index (χ3n) is 2.75. The van der Waals surface area contributed by atoms with Gasteiger partial charge in [0.2, 0.25) is 5.91 Å². The molecule has 0 heterocycles. The number of aliphatic hydroxyl groups is 1. The average Bonchev–Trinajstić information content (AvgIpc) is 2.11. The van der Waals surface area contributed by atoms with Crippen molar-refractivity contribution in [3.63, 3.8) is 0 Å². The summed E-state index contributed by atoms with van der Waals surface area (Å²) in [7, 11) is 0. The molecule has 0 aromatic carbocycles. The Labute approximate surface area is 98.6 Å². The van der Waals surface area contributed by atoms with Gasteiger partial charge in [0, 0.05) is 13.2 Å². The van der Waals surface area contributed by atoms with Crippen molar-refractivity contribution in [1.82, 2.24) is 5.32 Å². The molecule has 0 fully saturated rings. The van der Waals surface area contributed by atoms with Crippen LogP contribution in [0.25, 0.3) is 0 Å². The molecule has 0 aromatic heterocycles. The van der Waals surface area contributed by atoms with E-state index in [1.807, 2.05) is 34.6 Å². The van der Waals surface area contributed by atoms with Crippen molar-refractivity contribution in [2.75, 3.05) is 13.2 Å². The van der Waals surface area contributed by atoms with Crippen LogP contribution in [0.15, 0.2) is 0 Å². The van der Waals surface area contributed by atoms with E-state index in [0.717, 1.165) is 0 Å². The molecule has 0 radical (unpaired) electrons. The van der Waals surface area contributed by atoms with E-state index in [0.29, 0.717) is 13.0 Å². The molecular weight excluding hydrogens is 204 g/mol. The number of nitrogens with one attached hydrogen (secondary N) is 1. The van der Waals surface area contributed by atoms with Crippen LogP contribution in [-0.4, -0.2) is 30.2 Å². The van der Waals surface area contributed by atoms with Crippen LogP contribution in [0.2, 0.25) is 0 Å². The molecular formula is C12H26N2O2. The summed E-state index contributed by atoms with van der Waals surface area (Å²) in [5.74, 6) is -0.126. The van der Waals surface area contributed by atoms with Crippen molar-refractivity contribution in [1.29, 1.82) is 0 Å². The second-order valence-electron chi connectivity index (χ2n) is 6.20. The van der Waals surface area contributed by atoms with E-state index in [-0.39, 0.29) is 23.3 Å². The maximum atomic E-state index is 11.7. The van der Waals surface area contributed by atoms with E-state index in [2.05, 4.69) is 5.32 Å². The van der Waals surface area contributed by atoms with Crippen molar-refractivity contribution in [3.8, 4) is 0 Å². The van der Waals surface area contributed by atoms with Gasteiger partial charge in [0.05, 0.1) is 6.04 Å². The SMILES string of the molecule is CC(C)(CCO)CNC(=O)C(N)C(C)(C)C. The van der Waals surface area contributed by atoms with Crippen molar-refractivity contribution < 1.29 is 9.90 Å². The van der Waals surface area contributed by atoms with Crippen molar-refractivity contribution in [2.24, 2.45) is 16.6 Å². The van der Waals surface area contributed by atoms with Crippen molar-refractivity contribution in [3.05, 3.63) is 0 Å². The summed E-state index contributed by atoms with van der Waals surface area (Å²) in [5.41, 5.74) is 5.51. The predicted octanol–water partition coefficient (Wildman–Crippen LogP) is 0.885. The largest absolute Gasteiger partial charge is 0.396 e. The van der Waals surface area contributed by atoms with Crippen LogP contribution in [-0.2, 0) is 4.79 Å². The smallest absolute Gasteiger partial charge is 0.237 e. The van der Waals surface area contributed by atoms with Crippen LogP contribution in [0, 0.1) is 10.8 Å². The molecule has 16 heavy (non-hydrogen) atoms. The monoisotopic (exact) mass is 230 g/mol. The van der Waals surface area contributed by atoms with Crippen LogP contribution in [0.4, 0.5) is 0 Å². The maximum absolute atomic E-state index is 11.7. The van der Waals surface area contributed by atoms with E-state index in [9.17, 15) is 4.79 Å². The molecule has 0 aliphatic carbocycles. The number of carbonyl (C=O) groups is 1. The van der Waals surface area contributed by atoms with E-state index >= 15 is 0 Å². The number of amides is 1. The lowest BCUT2D eigenvalue weighted by molar-refractivity contribution is -0.125. The fourth-order valence-electron chi connectivity index (χ4n) is 1.22. The zero-order valence-corrected chi connectivity index (χ0v) is 11.1. The number of hydrogen-bond donors (Lipinski definition) is 3. The minimum Gasteiger partial charge on any atom is -0.396 e. The first-order chi connectivity index (χ1) is 7.10. The van der Waals surface area contributed by atoms with Gasteiger partial charge in [-0.25, -0.2) is 0 Å². The molecule has 0 rings (SSSR count). The third-order valence-corrected chi connectivity index (χ3v) is 2.75. The maximum Gasteiger partial charge on any atom is 0.237 e. The Balaban J connectivity index is 4.18. The predicted molar refractivity (Wildman–Crippen MR) is 65.9 cm³/mol. The van der Waals surface area contributed by atoms with Crippen molar-refractivity contribution >= 4 is 5.91 Å². The lowest BCUT2D eigenvalue weighted by atomic mass is 9.86. The molecule has 0 saturated heterocycles. The lowest BCUT2D eigenvalue weighted by Crippen LogP contribution is -2.50. The third kappa shape index (κ3) is 5.47. The minimum absolute atomic E-state index is 0.0952. The summed E-state index contributed by atoms with van der Waals surface area (Å²) >= 11 is 0. The van der Waals surface area contributed by atoms with E-state index in [1.165, 1.54) is 0 Å². The van der Waals surface area contributed by atoms with Crippen molar-refractivity contribution in [2.45, 2.75) is 47.1 Å². The van der Waals surface area contributed by atoms with E-state index in [1.54, 1.807) is 0 Å². The van der Waals surface area contributed by atoms with Gasteiger partial charge in [0.1, 0.15) is 0 Å². The zero-order chi connectivity index (χ0) is 13.0. The fourth-order valence-corrected chi connectivity index (χ4v) is 1.22.